The van der Waals surface area contributed by atoms with Gasteiger partial charge < -0.3 is 14.5 Å². The molecule has 2 heterocycles. The van der Waals surface area contributed by atoms with Crippen LogP contribution in [0, 0.1) is 5.92 Å². The highest BCUT2D eigenvalue weighted by Gasteiger charge is 2.45. The van der Waals surface area contributed by atoms with Crippen LogP contribution < -0.4 is 0 Å². The van der Waals surface area contributed by atoms with Crippen LogP contribution in [0.1, 0.15) is 19.3 Å². The van der Waals surface area contributed by atoms with E-state index in [1.807, 2.05) is 0 Å². The van der Waals surface area contributed by atoms with Crippen molar-refractivity contribution in [1.29, 1.82) is 0 Å². The molecule has 0 radical (unpaired) electrons. The minimum absolute atomic E-state index is 0.0497. The summed E-state index contributed by atoms with van der Waals surface area (Å²) in [7, 11) is 2.98. The molecule has 6 heteroatoms. The summed E-state index contributed by atoms with van der Waals surface area (Å²) in [5, 5.41) is 0. The van der Waals surface area contributed by atoms with E-state index in [4.69, 9.17) is 4.74 Å². The molecule has 0 bridgehead atoms. The Bertz CT molecular complexity index is 382. The fourth-order valence-electron chi connectivity index (χ4n) is 2.72. The second kappa shape index (κ2) is 4.96. The second-order valence-electron chi connectivity index (χ2n) is 4.81. The van der Waals surface area contributed by atoms with Crippen LogP contribution >= 0.6 is 0 Å². The van der Waals surface area contributed by atoms with E-state index in [9.17, 15) is 14.4 Å². The normalized spacial score (nSPS) is 28.8. The van der Waals surface area contributed by atoms with E-state index in [0.29, 0.717) is 25.9 Å². The number of esters is 1. The van der Waals surface area contributed by atoms with Crippen molar-refractivity contribution in [3.8, 4) is 0 Å². The second-order valence-corrected chi connectivity index (χ2v) is 4.81. The third-order valence-corrected chi connectivity index (χ3v) is 3.75. The zero-order valence-corrected chi connectivity index (χ0v) is 10.7. The van der Waals surface area contributed by atoms with Crippen LogP contribution in [0.4, 0.5) is 0 Å². The van der Waals surface area contributed by atoms with Crippen molar-refractivity contribution in [3.63, 3.8) is 0 Å². The Labute approximate surface area is 106 Å². The number of amides is 2. The lowest BCUT2D eigenvalue weighted by atomic mass is 9.88. The van der Waals surface area contributed by atoms with Crippen LogP contribution in [0.25, 0.3) is 0 Å². The molecule has 2 amide bonds. The molecule has 0 aromatic heterocycles. The Morgan fingerprint density at radius 3 is 2.72 bits per heavy atom. The van der Waals surface area contributed by atoms with Gasteiger partial charge in [0, 0.05) is 26.6 Å². The molecule has 2 atom stereocenters. The summed E-state index contributed by atoms with van der Waals surface area (Å²) in [5.74, 6) is -1.14. The molecule has 2 aliphatic rings. The number of piperidine rings is 1. The Morgan fingerprint density at radius 2 is 2.06 bits per heavy atom. The van der Waals surface area contributed by atoms with Crippen molar-refractivity contribution in [3.05, 3.63) is 0 Å². The molecule has 0 saturated carbocycles. The fourth-order valence-corrected chi connectivity index (χ4v) is 2.72. The van der Waals surface area contributed by atoms with Gasteiger partial charge >= 0.3 is 5.97 Å². The van der Waals surface area contributed by atoms with Gasteiger partial charge in [0.15, 0.2) is 0 Å². The summed E-state index contributed by atoms with van der Waals surface area (Å²) in [5.41, 5.74) is 0. The third kappa shape index (κ3) is 2.07. The number of likely N-dealkylation sites (N-methyl/N-ethyl adjacent to an activating group) is 1. The van der Waals surface area contributed by atoms with Gasteiger partial charge in [-0.3, -0.25) is 14.4 Å². The number of methoxy groups -OCH3 is 1. The van der Waals surface area contributed by atoms with Crippen molar-refractivity contribution in [2.24, 2.45) is 5.92 Å². The first-order chi connectivity index (χ1) is 8.56. The summed E-state index contributed by atoms with van der Waals surface area (Å²) >= 11 is 0. The molecule has 0 N–H and O–H groups in total. The first kappa shape index (κ1) is 12.9. The molecule has 1 unspecified atom stereocenters. The maximum atomic E-state index is 12.3. The van der Waals surface area contributed by atoms with Gasteiger partial charge in [-0.2, -0.15) is 0 Å². The van der Waals surface area contributed by atoms with Gasteiger partial charge in [-0.25, -0.2) is 0 Å². The third-order valence-electron chi connectivity index (χ3n) is 3.75. The molecule has 0 aromatic carbocycles. The number of carbonyl (C=O) groups excluding carboxylic acids is 3. The van der Waals surface area contributed by atoms with Crippen molar-refractivity contribution in [1.82, 2.24) is 9.80 Å². The number of hydrogen-bond donors (Lipinski definition) is 0. The zero-order valence-electron chi connectivity index (χ0n) is 10.7. The summed E-state index contributed by atoms with van der Waals surface area (Å²) in [6.45, 7) is 0.967. The first-order valence-electron chi connectivity index (χ1n) is 6.18. The van der Waals surface area contributed by atoms with E-state index in [2.05, 4.69) is 0 Å². The largest absolute Gasteiger partial charge is 0.469 e. The molecule has 2 rings (SSSR count). The summed E-state index contributed by atoms with van der Waals surface area (Å²) in [4.78, 5) is 39.1. The molecule has 0 aromatic rings. The number of carbonyl (C=O) groups is 3. The molecule has 2 aliphatic heterocycles. The summed E-state index contributed by atoms with van der Waals surface area (Å²) < 4.78 is 4.75. The van der Waals surface area contributed by atoms with Crippen LogP contribution in [0.3, 0.4) is 0 Å². The highest BCUT2D eigenvalue weighted by molar-refractivity contribution is 5.94. The molecule has 2 fully saturated rings. The molecule has 0 spiro atoms. The minimum atomic E-state index is -0.675. The predicted molar refractivity (Wildman–Crippen MR) is 62.5 cm³/mol. The van der Waals surface area contributed by atoms with Crippen LogP contribution in [0.2, 0.25) is 0 Å². The van der Waals surface area contributed by atoms with Crippen molar-refractivity contribution >= 4 is 17.8 Å². The van der Waals surface area contributed by atoms with Crippen LogP contribution in [-0.4, -0.2) is 60.9 Å². The standard InChI is InChI=1S/C12H18N2O4/c1-13-7-5-9(15)14-6-3-4-8(12(17)18-2)10(14)11(13)16/h8,10H,3-7H2,1-2H3/t8-,10?/m1/s1. The Hall–Kier alpha value is -1.59. The predicted octanol–water partition coefficient (Wildman–Crippen LogP) is -0.371. The van der Waals surface area contributed by atoms with Gasteiger partial charge in [0.05, 0.1) is 13.0 Å². The molecule has 18 heavy (non-hydrogen) atoms. The SMILES string of the molecule is COC(=O)[C@@H]1CCCN2C(=O)CCN(C)C(=O)C12. The maximum Gasteiger partial charge on any atom is 0.311 e. The van der Waals surface area contributed by atoms with Crippen molar-refractivity contribution < 1.29 is 19.1 Å². The average molecular weight is 254 g/mol. The fraction of sp³-hybridized carbons (Fsp3) is 0.750. The number of ether oxygens (including phenoxy) is 1. The van der Waals surface area contributed by atoms with Gasteiger partial charge in [0.2, 0.25) is 11.8 Å². The van der Waals surface area contributed by atoms with E-state index in [-0.39, 0.29) is 11.8 Å². The van der Waals surface area contributed by atoms with E-state index in [0.717, 1.165) is 6.42 Å². The zero-order chi connectivity index (χ0) is 13.3. The monoisotopic (exact) mass is 254 g/mol. The lowest BCUT2D eigenvalue weighted by molar-refractivity contribution is -0.158. The molecule has 0 aliphatic carbocycles. The highest BCUT2D eigenvalue weighted by Crippen LogP contribution is 2.28. The molecular formula is C12H18N2O4. The van der Waals surface area contributed by atoms with Gasteiger partial charge in [0.1, 0.15) is 6.04 Å². The number of nitrogens with zero attached hydrogens (tertiary/aromatic N) is 2. The van der Waals surface area contributed by atoms with Crippen LogP contribution in [-0.2, 0) is 19.1 Å². The minimum Gasteiger partial charge on any atom is -0.469 e. The summed E-state index contributed by atoms with van der Waals surface area (Å²) in [6, 6.07) is -0.675. The average Bonchev–Trinajstić information content (AvgIpc) is 2.50. The molecule has 6 nitrogen and oxygen atoms in total. The smallest absolute Gasteiger partial charge is 0.311 e. The number of rotatable bonds is 1. The van der Waals surface area contributed by atoms with E-state index in [1.165, 1.54) is 12.0 Å². The molecule has 100 valence electrons. The Kier molecular flexibility index (Phi) is 3.54. The lowest BCUT2D eigenvalue weighted by Crippen LogP contribution is -2.55. The lowest BCUT2D eigenvalue weighted by Gasteiger charge is -2.38. The maximum absolute atomic E-state index is 12.3. The number of fused-ring (bicyclic) bond motifs is 1. The van der Waals surface area contributed by atoms with E-state index >= 15 is 0 Å². The Morgan fingerprint density at radius 1 is 1.33 bits per heavy atom. The van der Waals surface area contributed by atoms with Gasteiger partial charge in [-0.15, -0.1) is 0 Å². The van der Waals surface area contributed by atoms with Crippen LogP contribution in [0.5, 0.6) is 0 Å². The van der Waals surface area contributed by atoms with E-state index < -0.39 is 17.9 Å². The summed E-state index contributed by atoms with van der Waals surface area (Å²) in [6.07, 6.45) is 1.66. The van der Waals surface area contributed by atoms with E-state index in [1.54, 1.807) is 11.9 Å². The quantitative estimate of drug-likeness (QED) is 0.599. The van der Waals surface area contributed by atoms with Crippen molar-refractivity contribution in [2.75, 3.05) is 27.2 Å². The van der Waals surface area contributed by atoms with Gasteiger partial charge in [0.25, 0.3) is 0 Å². The van der Waals surface area contributed by atoms with Crippen molar-refractivity contribution in [2.45, 2.75) is 25.3 Å². The van der Waals surface area contributed by atoms with Crippen LogP contribution in [0.15, 0.2) is 0 Å². The molecular weight excluding hydrogens is 236 g/mol. The molecule has 2 saturated heterocycles. The van der Waals surface area contributed by atoms with Gasteiger partial charge in [-0.1, -0.05) is 0 Å². The van der Waals surface area contributed by atoms with Gasteiger partial charge in [-0.05, 0) is 12.8 Å². The highest BCUT2D eigenvalue weighted by atomic mass is 16.5. The first-order valence-corrected chi connectivity index (χ1v) is 6.18. The topological polar surface area (TPSA) is 66.9 Å². The number of hydrogen-bond acceptors (Lipinski definition) is 4. The Balaban J connectivity index is 2.32.